The van der Waals surface area contributed by atoms with Crippen molar-refractivity contribution < 1.29 is 4.79 Å². The number of Topliss-reactive ketones (excluding diaryl/α,β-unsaturated/α-hetero) is 1. The van der Waals surface area contributed by atoms with Gasteiger partial charge in [-0.15, -0.1) is 0 Å². The highest BCUT2D eigenvalue weighted by atomic mass is 35.5. The Morgan fingerprint density at radius 2 is 2.00 bits per heavy atom. The number of rotatable bonds is 3. The predicted octanol–water partition coefficient (Wildman–Crippen LogP) is 4.43. The molecule has 0 amide bonds. The lowest BCUT2D eigenvalue weighted by atomic mass is 9.75. The number of benzene rings is 1. The van der Waals surface area contributed by atoms with Crippen LogP contribution in [0, 0.1) is 5.92 Å². The molecule has 0 saturated heterocycles. The number of pyridine rings is 1. The lowest BCUT2D eigenvalue weighted by molar-refractivity contribution is -0.124. The molecule has 0 aliphatic heterocycles. The fraction of sp³-hybridized carbons (Fsp3) is 0.333. The van der Waals surface area contributed by atoms with Crippen molar-refractivity contribution in [1.82, 2.24) is 4.98 Å². The first-order chi connectivity index (χ1) is 10.2. The summed E-state index contributed by atoms with van der Waals surface area (Å²) in [6.45, 7) is 0. The highest BCUT2D eigenvalue weighted by Crippen LogP contribution is 2.36. The van der Waals surface area contributed by atoms with E-state index >= 15 is 0 Å². The molecule has 0 radical (unpaired) electrons. The standard InChI is InChI=1S/C18H18ClNO/c19-17-12-20-9-8-15(17)11-16-10-14(6-7-18(16)21)13-4-2-1-3-5-13/h1-5,8-9,12,14,16H,6-7,10-11H2. The molecule has 1 aliphatic carbocycles. The molecule has 108 valence electrons. The van der Waals surface area contributed by atoms with Crippen LogP contribution in [0.5, 0.6) is 0 Å². The van der Waals surface area contributed by atoms with Gasteiger partial charge in [-0.25, -0.2) is 0 Å². The van der Waals surface area contributed by atoms with Crippen LogP contribution in [0.2, 0.25) is 5.02 Å². The topological polar surface area (TPSA) is 30.0 Å². The van der Waals surface area contributed by atoms with Crippen molar-refractivity contribution in [2.45, 2.75) is 31.6 Å². The summed E-state index contributed by atoms with van der Waals surface area (Å²) < 4.78 is 0. The summed E-state index contributed by atoms with van der Waals surface area (Å²) in [6.07, 6.45) is 6.67. The van der Waals surface area contributed by atoms with Crippen molar-refractivity contribution in [3.05, 3.63) is 64.9 Å². The summed E-state index contributed by atoms with van der Waals surface area (Å²) in [4.78, 5) is 16.2. The first kappa shape index (κ1) is 14.3. The Morgan fingerprint density at radius 3 is 2.76 bits per heavy atom. The van der Waals surface area contributed by atoms with E-state index in [-0.39, 0.29) is 5.92 Å². The fourth-order valence-electron chi connectivity index (χ4n) is 3.17. The van der Waals surface area contributed by atoms with Crippen LogP contribution < -0.4 is 0 Å². The second-order valence-electron chi connectivity index (χ2n) is 5.72. The van der Waals surface area contributed by atoms with Crippen LogP contribution in [-0.2, 0) is 11.2 Å². The monoisotopic (exact) mass is 299 g/mol. The van der Waals surface area contributed by atoms with Gasteiger partial charge in [0.1, 0.15) is 5.78 Å². The number of carbonyl (C=O) groups is 1. The van der Waals surface area contributed by atoms with Crippen LogP contribution in [0.15, 0.2) is 48.8 Å². The molecule has 1 saturated carbocycles. The van der Waals surface area contributed by atoms with E-state index in [0.29, 0.717) is 23.1 Å². The lowest BCUT2D eigenvalue weighted by Gasteiger charge is -2.28. The zero-order valence-electron chi connectivity index (χ0n) is 11.8. The first-order valence-corrected chi connectivity index (χ1v) is 7.78. The maximum Gasteiger partial charge on any atom is 0.136 e. The Kier molecular flexibility index (Phi) is 4.35. The molecule has 2 atom stereocenters. The van der Waals surface area contributed by atoms with E-state index in [0.717, 1.165) is 24.8 Å². The maximum atomic E-state index is 12.2. The highest BCUT2D eigenvalue weighted by molar-refractivity contribution is 6.31. The quantitative estimate of drug-likeness (QED) is 0.839. The van der Waals surface area contributed by atoms with E-state index < -0.39 is 0 Å². The molecule has 0 bridgehead atoms. The molecule has 2 aromatic rings. The molecule has 1 aromatic heterocycles. The predicted molar refractivity (Wildman–Crippen MR) is 84.5 cm³/mol. The summed E-state index contributed by atoms with van der Waals surface area (Å²) in [6, 6.07) is 12.4. The molecule has 0 spiro atoms. The average Bonchev–Trinajstić information content (AvgIpc) is 2.52. The van der Waals surface area contributed by atoms with Gasteiger partial charge in [0.25, 0.3) is 0 Å². The van der Waals surface area contributed by atoms with E-state index in [1.807, 2.05) is 12.1 Å². The summed E-state index contributed by atoms with van der Waals surface area (Å²) in [5, 5.41) is 0.659. The second kappa shape index (κ2) is 6.40. The van der Waals surface area contributed by atoms with Gasteiger partial charge < -0.3 is 0 Å². The average molecular weight is 300 g/mol. The van der Waals surface area contributed by atoms with E-state index in [9.17, 15) is 4.79 Å². The van der Waals surface area contributed by atoms with Gasteiger partial charge in [-0.3, -0.25) is 9.78 Å². The van der Waals surface area contributed by atoms with Gasteiger partial charge in [-0.1, -0.05) is 41.9 Å². The van der Waals surface area contributed by atoms with Crippen LogP contribution in [0.4, 0.5) is 0 Å². The fourth-order valence-corrected chi connectivity index (χ4v) is 3.37. The number of halogens is 1. The molecule has 2 nitrogen and oxygen atoms in total. The molecule has 1 heterocycles. The Hall–Kier alpha value is -1.67. The Bertz CT molecular complexity index is 626. The molecule has 2 unspecified atom stereocenters. The smallest absolute Gasteiger partial charge is 0.136 e. The SMILES string of the molecule is O=C1CCC(c2ccccc2)CC1Cc1ccncc1Cl. The number of hydrogen-bond acceptors (Lipinski definition) is 2. The van der Waals surface area contributed by atoms with Gasteiger partial charge in [0.15, 0.2) is 0 Å². The van der Waals surface area contributed by atoms with Crippen molar-refractivity contribution >= 4 is 17.4 Å². The Labute approximate surface area is 130 Å². The van der Waals surface area contributed by atoms with E-state index in [2.05, 4.69) is 29.2 Å². The van der Waals surface area contributed by atoms with E-state index in [1.165, 1.54) is 5.56 Å². The molecule has 0 N–H and O–H groups in total. The number of hydrogen-bond donors (Lipinski definition) is 0. The third-order valence-electron chi connectivity index (χ3n) is 4.36. The van der Waals surface area contributed by atoms with E-state index in [1.54, 1.807) is 12.4 Å². The van der Waals surface area contributed by atoms with Gasteiger partial charge in [0, 0.05) is 24.7 Å². The minimum atomic E-state index is 0.0730. The zero-order valence-corrected chi connectivity index (χ0v) is 12.6. The summed E-state index contributed by atoms with van der Waals surface area (Å²) in [7, 11) is 0. The molecule has 21 heavy (non-hydrogen) atoms. The number of aromatic nitrogens is 1. The molecular formula is C18H18ClNO. The van der Waals surface area contributed by atoms with Gasteiger partial charge in [-0.05, 0) is 42.4 Å². The van der Waals surface area contributed by atoms with Crippen molar-refractivity contribution in [2.75, 3.05) is 0 Å². The number of carbonyl (C=O) groups excluding carboxylic acids is 1. The van der Waals surface area contributed by atoms with Crippen LogP contribution in [0.1, 0.15) is 36.3 Å². The Morgan fingerprint density at radius 1 is 1.19 bits per heavy atom. The molecular weight excluding hydrogens is 282 g/mol. The van der Waals surface area contributed by atoms with E-state index in [4.69, 9.17) is 11.6 Å². The normalized spacial score (nSPS) is 22.2. The van der Waals surface area contributed by atoms with Gasteiger partial charge in [0.05, 0.1) is 5.02 Å². The minimum absolute atomic E-state index is 0.0730. The van der Waals surface area contributed by atoms with Gasteiger partial charge in [0.2, 0.25) is 0 Å². The number of nitrogens with zero attached hydrogens (tertiary/aromatic N) is 1. The largest absolute Gasteiger partial charge is 0.299 e. The zero-order chi connectivity index (χ0) is 14.7. The number of ketones is 1. The summed E-state index contributed by atoms with van der Waals surface area (Å²) in [5.41, 5.74) is 2.37. The molecule has 3 rings (SSSR count). The summed E-state index contributed by atoms with van der Waals surface area (Å²) in [5.74, 6) is 0.924. The van der Waals surface area contributed by atoms with Crippen LogP contribution in [-0.4, -0.2) is 10.8 Å². The molecule has 1 aromatic carbocycles. The van der Waals surface area contributed by atoms with Crippen molar-refractivity contribution in [3.8, 4) is 0 Å². The molecule has 3 heteroatoms. The van der Waals surface area contributed by atoms with Gasteiger partial charge in [-0.2, -0.15) is 0 Å². The molecule has 1 aliphatic rings. The van der Waals surface area contributed by atoms with Crippen LogP contribution >= 0.6 is 11.6 Å². The van der Waals surface area contributed by atoms with Crippen molar-refractivity contribution in [1.29, 1.82) is 0 Å². The lowest BCUT2D eigenvalue weighted by Crippen LogP contribution is -2.25. The van der Waals surface area contributed by atoms with Crippen molar-refractivity contribution in [2.24, 2.45) is 5.92 Å². The van der Waals surface area contributed by atoms with Crippen LogP contribution in [0.3, 0.4) is 0 Å². The van der Waals surface area contributed by atoms with Crippen molar-refractivity contribution in [3.63, 3.8) is 0 Å². The molecule has 1 fully saturated rings. The highest BCUT2D eigenvalue weighted by Gasteiger charge is 2.29. The summed E-state index contributed by atoms with van der Waals surface area (Å²) >= 11 is 6.17. The van der Waals surface area contributed by atoms with Gasteiger partial charge >= 0.3 is 0 Å². The van der Waals surface area contributed by atoms with Crippen LogP contribution in [0.25, 0.3) is 0 Å². The second-order valence-corrected chi connectivity index (χ2v) is 6.12. The minimum Gasteiger partial charge on any atom is -0.299 e. The Balaban J connectivity index is 1.75. The maximum absolute atomic E-state index is 12.2. The first-order valence-electron chi connectivity index (χ1n) is 7.40. The third-order valence-corrected chi connectivity index (χ3v) is 4.70. The third kappa shape index (κ3) is 3.33.